The number of nitrogens with zero attached hydrogens (tertiary/aromatic N) is 1. The van der Waals surface area contributed by atoms with Crippen LogP contribution in [-0.2, 0) is 6.42 Å². The summed E-state index contributed by atoms with van der Waals surface area (Å²) >= 11 is 3.42. The molecule has 15 heavy (non-hydrogen) atoms. The molecule has 0 saturated carbocycles. The highest BCUT2D eigenvalue weighted by molar-refractivity contribution is 9.10. The molecule has 1 N–H and O–H groups in total. The number of likely N-dealkylation sites (N-methyl/N-ethyl adjacent to an activating group) is 1. The van der Waals surface area contributed by atoms with Gasteiger partial charge in [0, 0.05) is 11.0 Å². The average molecular weight is 272 g/mol. The van der Waals surface area contributed by atoms with Crippen LogP contribution < -0.4 is 0 Å². The maximum absolute atomic E-state index is 10.8. The molecule has 1 aromatic rings. The molecule has 3 nitrogen and oxygen atoms in total. The average Bonchev–Trinajstić information content (AvgIpc) is 2.16. The third-order valence-corrected chi connectivity index (χ3v) is 2.89. The maximum atomic E-state index is 10.8. The van der Waals surface area contributed by atoms with E-state index in [1.165, 1.54) is 0 Å². The van der Waals surface area contributed by atoms with E-state index in [1.807, 2.05) is 14.1 Å². The summed E-state index contributed by atoms with van der Waals surface area (Å²) in [5.74, 6) is -0.881. The first-order chi connectivity index (χ1) is 7.00. The largest absolute Gasteiger partial charge is 0.478 e. The lowest BCUT2D eigenvalue weighted by atomic mass is 10.1. The Bertz CT molecular complexity index is 364. The van der Waals surface area contributed by atoms with Gasteiger partial charge in [-0.05, 0) is 44.3 Å². The predicted octanol–water partition coefficient (Wildman–Crippen LogP) is 2.25. The Balaban J connectivity index is 2.85. The molecule has 0 fully saturated rings. The highest BCUT2D eigenvalue weighted by Crippen LogP contribution is 2.19. The monoisotopic (exact) mass is 271 g/mol. The van der Waals surface area contributed by atoms with Gasteiger partial charge in [0.2, 0.25) is 0 Å². The van der Waals surface area contributed by atoms with Gasteiger partial charge in [0.05, 0.1) is 5.56 Å². The molecule has 4 heteroatoms. The molecule has 0 aliphatic carbocycles. The number of rotatable bonds is 4. The Morgan fingerprint density at radius 1 is 1.47 bits per heavy atom. The van der Waals surface area contributed by atoms with E-state index in [1.54, 1.807) is 18.2 Å². The van der Waals surface area contributed by atoms with Gasteiger partial charge in [-0.25, -0.2) is 4.79 Å². The molecule has 0 bridgehead atoms. The summed E-state index contributed by atoms with van der Waals surface area (Å²) in [5, 5.41) is 8.85. The molecule has 82 valence electrons. The summed E-state index contributed by atoms with van der Waals surface area (Å²) in [4.78, 5) is 12.8. The van der Waals surface area contributed by atoms with Gasteiger partial charge in [-0.3, -0.25) is 0 Å². The highest BCUT2D eigenvalue weighted by atomic mass is 79.9. The van der Waals surface area contributed by atoms with Crippen molar-refractivity contribution >= 4 is 21.9 Å². The second kappa shape index (κ2) is 5.28. The van der Waals surface area contributed by atoms with Crippen LogP contribution in [0.4, 0.5) is 0 Å². The number of hydrogen-bond acceptors (Lipinski definition) is 2. The molecule has 0 radical (unpaired) electrons. The fourth-order valence-corrected chi connectivity index (χ4v) is 1.69. The summed E-state index contributed by atoms with van der Waals surface area (Å²) in [5.41, 5.74) is 1.37. The number of carboxylic acids is 1. The number of aromatic carboxylic acids is 1. The zero-order valence-corrected chi connectivity index (χ0v) is 10.4. The molecule has 0 saturated heterocycles. The van der Waals surface area contributed by atoms with E-state index in [0.29, 0.717) is 5.56 Å². The van der Waals surface area contributed by atoms with E-state index in [2.05, 4.69) is 20.8 Å². The number of carboxylic acid groups (broad SMARTS) is 1. The van der Waals surface area contributed by atoms with Crippen LogP contribution in [0, 0.1) is 0 Å². The Labute approximate surface area is 97.8 Å². The van der Waals surface area contributed by atoms with Crippen molar-refractivity contribution in [3.63, 3.8) is 0 Å². The molecule has 0 spiro atoms. The summed E-state index contributed by atoms with van der Waals surface area (Å²) < 4.78 is 0.967. The van der Waals surface area contributed by atoms with Gasteiger partial charge in [0.25, 0.3) is 0 Å². The van der Waals surface area contributed by atoms with Crippen molar-refractivity contribution < 1.29 is 9.90 Å². The first-order valence-corrected chi connectivity index (χ1v) is 5.46. The fourth-order valence-electron chi connectivity index (χ4n) is 1.24. The molecule has 1 aromatic carbocycles. The predicted molar refractivity (Wildman–Crippen MR) is 63.4 cm³/mol. The molecule has 0 aromatic heterocycles. The van der Waals surface area contributed by atoms with Gasteiger partial charge in [0.15, 0.2) is 0 Å². The zero-order chi connectivity index (χ0) is 11.4. The summed E-state index contributed by atoms with van der Waals surface area (Å²) in [6.07, 6.45) is 0.842. The van der Waals surface area contributed by atoms with Gasteiger partial charge < -0.3 is 10.0 Å². The summed E-state index contributed by atoms with van der Waals surface area (Å²) in [7, 11) is 3.99. The molecule has 0 unspecified atom stereocenters. The normalized spacial score (nSPS) is 10.7. The van der Waals surface area contributed by atoms with E-state index in [4.69, 9.17) is 5.11 Å². The smallest absolute Gasteiger partial charge is 0.335 e. The summed E-state index contributed by atoms with van der Waals surface area (Å²) in [6, 6.07) is 5.11. The molecule has 0 atom stereocenters. The van der Waals surface area contributed by atoms with Crippen LogP contribution in [0.1, 0.15) is 15.9 Å². The van der Waals surface area contributed by atoms with Gasteiger partial charge >= 0.3 is 5.97 Å². The van der Waals surface area contributed by atoms with Crippen LogP contribution in [0.5, 0.6) is 0 Å². The van der Waals surface area contributed by atoms with E-state index in [-0.39, 0.29) is 0 Å². The Morgan fingerprint density at radius 3 is 2.67 bits per heavy atom. The van der Waals surface area contributed by atoms with Crippen LogP contribution in [0.25, 0.3) is 0 Å². The minimum absolute atomic E-state index is 0.340. The van der Waals surface area contributed by atoms with Crippen molar-refractivity contribution in [2.24, 2.45) is 0 Å². The lowest BCUT2D eigenvalue weighted by Crippen LogP contribution is -2.15. The second-order valence-corrected chi connectivity index (χ2v) is 4.52. The molecule has 0 aliphatic heterocycles. The Morgan fingerprint density at radius 2 is 2.13 bits per heavy atom. The van der Waals surface area contributed by atoms with Crippen molar-refractivity contribution in [2.75, 3.05) is 20.6 Å². The molecule has 0 aliphatic rings. The molecule has 1 rings (SSSR count). The first kappa shape index (κ1) is 12.2. The maximum Gasteiger partial charge on any atom is 0.335 e. The lowest BCUT2D eigenvalue weighted by molar-refractivity contribution is 0.0696. The number of halogens is 1. The molecular formula is C11H14BrNO2. The standard InChI is InChI=1S/C11H14BrNO2/c1-13(2)6-5-8-7-9(11(14)15)3-4-10(8)12/h3-4,7H,5-6H2,1-2H3,(H,14,15). The quantitative estimate of drug-likeness (QED) is 0.913. The summed E-state index contributed by atoms with van der Waals surface area (Å²) in [6.45, 7) is 0.904. The lowest BCUT2D eigenvalue weighted by Gasteiger charge is -2.10. The van der Waals surface area contributed by atoms with Gasteiger partial charge in [-0.15, -0.1) is 0 Å². The van der Waals surface area contributed by atoms with Crippen LogP contribution in [0.2, 0.25) is 0 Å². The molecule has 0 heterocycles. The number of hydrogen-bond donors (Lipinski definition) is 1. The third-order valence-electron chi connectivity index (χ3n) is 2.12. The van der Waals surface area contributed by atoms with Gasteiger partial charge in [-0.2, -0.15) is 0 Å². The Kier molecular flexibility index (Phi) is 4.29. The van der Waals surface area contributed by atoms with Crippen LogP contribution in [0.15, 0.2) is 22.7 Å². The van der Waals surface area contributed by atoms with E-state index < -0.39 is 5.97 Å². The minimum atomic E-state index is -0.881. The highest BCUT2D eigenvalue weighted by Gasteiger charge is 2.06. The van der Waals surface area contributed by atoms with Crippen LogP contribution >= 0.6 is 15.9 Å². The van der Waals surface area contributed by atoms with E-state index in [0.717, 1.165) is 23.0 Å². The van der Waals surface area contributed by atoms with Crippen molar-refractivity contribution in [1.29, 1.82) is 0 Å². The second-order valence-electron chi connectivity index (χ2n) is 3.66. The Hall–Kier alpha value is -0.870. The third kappa shape index (κ3) is 3.64. The van der Waals surface area contributed by atoms with E-state index >= 15 is 0 Å². The number of benzene rings is 1. The number of carbonyl (C=O) groups is 1. The van der Waals surface area contributed by atoms with Crippen molar-refractivity contribution in [1.82, 2.24) is 4.90 Å². The van der Waals surface area contributed by atoms with Crippen molar-refractivity contribution in [3.05, 3.63) is 33.8 Å². The van der Waals surface area contributed by atoms with Crippen molar-refractivity contribution in [3.8, 4) is 0 Å². The van der Waals surface area contributed by atoms with Gasteiger partial charge in [-0.1, -0.05) is 15.9 Å². The molecule has 0 amide bonds. The minimum Gasteiger partial charge on any atom is -0.478 e. The first-order valence-electron chi connectivity index (χ1n) is 4.67. The van der Waals surface area contributed by atoms with Crippen molar-refractivity contribution in [2.45, 2.75) is 6.42 Å². The van der Waals surface area contributed by atoms with Crippen LogP contribution in [0.3, 0.4) is 0 Å². The topological polar surface area (TPSA) is 40.5 Å². The van der Waals surface area contributed by atoms with Crippen LogP contribution in [-0.4, -0.2) is 36.6 Å². The van der Waals surface area contributed by atoms with Gasteiger partial charge in [0.1, 0.15) is 0 Å². The molecular weight excluding hydrogens is 258 g/mol. The fraction of sp³-hybridized carbons (Fsp3) is 0.364. The van der Waals surface area contributed by atoms with E-state index in [9.17, 15) is 4.79 Å². The SMILES string of the molecule is CN(C)CCc1cc(C(=O)O)ccc1Br. The zero-order valence-electron chi connectivity index (χ0n) is 8.83.